The van der Waals surface area contributed by atoms with Crippen molar-refractivity contribution in [2.45, 2.75) is 220 Å². The number of aliphatic hydroxyl groups is 1. The van der Waals surface area contributed by atoms with Crippen LogP contribution in [0.5, 0.6) is 0 Å². The zero-order valence-electron chi connectivity index (χ0n) is 36.4. The first-order valence-corrected chi connectivity index (χ1v) is 23.8. The summed E-state index contributed by atoms with van der Waals surface area (Å²) in [5.74, 6) is -0.116. The van der Waals surface area contributed by atoms with Gasteiger partial charge in [0, 0.05) is 19.7 Å². The van der Waals surface area contributed by atoms with Gasteiger partial charge in [-0.3, -0.25) is 14.5 Å². The van der Waals surface area contributed by atoms with E-state index >= 15 is 0 Å². The fraction of sp³-hybridized carbons (Fsp3) is 0.957. The van der Waals surface area contributed by atoms with Gasteiger partial charge in [0.15, 0.2) is 0 Å². The highest BCUT2D eigenvalue weighted by Gasteiger charge is 2.45. The highest BCUT2D eigenvalue weighted by molar-refractivity contribution is 5.73. The highest BCUT2D eigenvalue weighted by atomic mass is 16.5. The van der Waals surface area contributed by atoms with Gasteiger partial charge in [-0.1, -0.05) is 156 Å². The lowest BCUT2D eigenvalue weighted by molar-refractivity contribution is -0.155. The van der Waals surface area contributed by atoms with Gasteiger partial charge in [-0.25, -0.2) is 0 Å². The molecule has 1 N–H and O–H groups in total. The molecular weight excluding hydrogens is 673 g/mol. The summed E-state index contributed by atoms with van der Waals surface area (Å²) < 4.78 is 12.5. The molecule has 2 saturated heterocycles. The average molecular weight is 763 g/mol. The quantitative estimate of drug-likeness (QED) is 0.0503. The molecule has 2 heterocycles. The van der Waals surface area contributed by atoms with Gasteiger partial charge in [0.25, 0.3) is 0 Å². The van der Waals surface area contributed by atoms with Gasteiger partial charge in [-0.2, -0.15) is 0 Å². The van der Waals surface area contributed by atoms with Crippen LogP contribution in [-0.4, -0.2) is 85.4 Å². The maximum atomic E-state index is 13.8. The molecule has 0 radical (unpaired) electrons. The van der Waals surface area contributed by atoms with Gasteiger partial charge in [0.2, 0.25) is 0 Å². The number of likely N-dealkylation sites (tertiary alicyclic amines) is 2. The Bertz CT molecular complexity index is 869. The van der Waals surface area contributed by atoms with E-state index in [4.69, 9.17) is 9.47 Å². The highest BCUT2D eigenvalue weighted by Crippen LogP contribution is 2.40. The number of aliphatic hydroxyl groups excluding tert-OH is 1. The monoisotopic (exact) mass is 763 g/mol. The number of esters is 2. The number of carbonyl (C=O) groups is 2. The Kier molecular flexibility index (Phi) is 28.9. The number of hydrogen-bond acceptors (Lipinski definition) is 7. The molecule has 318 valence electrons. The summed E-state index contributed by atoms with van der Waals surface area (Å²) in [7, 11) is 0. The molecule has 54 heavy (non-hydrogen) atoms. The summed E-state index contributed by atoms with van der Waals surface area (Å²) >= 11 is 0. The SMILES string of the molecule is CCCCCCCCC(CCCCCC)C(=O)OCC(COC(=O)C(CCCCCC)CCCCCCCC)N1CCC2(CCN(CCCCCO)C2)C1. The van der Waals surface area contributed by atoms with Crippen molar-refractivity contribution in [2.24, 2.45) is 17.3 Å². The normalized spacial score (nSPS) is 19.4. The predicted molar refractivity (Wildman–Crippen MR) is 227 cm³/mol. The second-order valence-corrected chi connectivity index (χ2v) is 17.7. The van der Waals surface area contributed by atoms with Gasteiger partial charge in [0.1, 0.15) is 13.2 Å². The molecular formula is C47H90N2O5. The zero-order valence-corrected chi connectivity index (χ0v) is 36.4. The molecule has 2 rings (SSSR count). The van der Waals surface area contributed by atoms with Crippen molar-refractivity contribution in [3.63, 3.8) is 0 Å². The summed E-state index contributed by atoms with van der Waals surface area (Å²) in [5, 5.41) is 9.21. The molecule has 0 aromatic heterocycles. The fourth-order valence-electron chi connectivity index (χ4n) is 9.05. The molecule has 2 aliphatic rings. The van der Waals surface area contributed by atoms with Crippen molar-refractivity contribution < 1.29 is 24.2 Å². The fourth-order valence-corrected chi connectivity index (χ4v) is 9.05. The van der Waals surface area contributed by atoms with Crippen molar-refractivity contribution >= 4 is 11.9 Å². The number of nitrogens with zero attached hydrogens (tertiary/aromatic N) is 2. The van der Waals surface area contributed by atoms with Crippen LogP contribution in [0.4, 0.5) is 0 Å². The van der Waals surface area contributed by atoms with Crippen LogP contribution in [0.1, 0.15) is 214 Å². The largest absolute Gasteiger partial charge is 0.464 e. The summed E-state index contributed by atoms with van der Waals surface area (Å²) in [6.07, 6.45) is 33.4. The van der Waals surface area contributed by atoms with Gasteiger partial charge in [0.05, 0.1) is 17.9 Å². The van der Waals surface area contributed by atoms with Crippen LogP contribution in [0.25, 0.3) is 0 Å². The number of rotatable bonds is 36. The van der Waals surface area contributed by atoms with E-state index in [1.807, 2.05) is 0 Å². The van der Waals surface area contributed by atoms with Crippen LogP contribution < -0.4 is 0 Å². The van der Waals surface area contributed by atoms with Gasteiger partial charge >= 0.3 is 11.9 Å². The van der Waals surface area contributed by atoms with Crippen LogP contribution in [0.15, 0.2) is 0 Å². The van der Waals surface area contributed by atoms with Crippen molar-refractivity contribution in [3.8, 4) is 0 Å². The Hall–Kier alpha value is -1.18. The molecule has 0 aromatic carbocycles. The molecule has 0 bridgehead atoms. The average Bonchev–Trinajstić information content (AvgIpc) is 3.79. The van der Waals surface area contributed by atoms with E-state index in [0.717, 1.165) is 110 Å². The lowest BCUT2D eigenvalue weighted by Gasteiger charge is -2.31. The van der Waals surface area contributed by atoms with Crippen LogP contribution in [0.2, 0.25) is 0 Å². The standard InChI is InChI=1S/C47H90N2O5/c1-5-9-13-17-19-24-30-42(28-22-15-11-7-3)45(51)53-38-44(49-36-33-47(41-49)32-35-48(40-47)34-26-21-27-37-50)39-54-46(52)43(29-23-16-12-8-4)31-25-20-18-14-10-6-2/h42-44,50H,5-41H2,1-4H3. The third-order valence-corrected chi connectivity index (χ3v) is 12.8. The summed E-state index contributed by atoms with van der Waals surface area (Å²) in [6.45, 7) is 15.2. The Morgan fingerprint density at radius 3 is 1.41 bits per heavy atom. The Morgan fingerprint density at radius 2 is 0.944 bits per heavy atom. The lowest BCUT2D eigenvalue weighted by Crippen LogP contribution is -2.44. The van der Waals surface area contributed by atoms with E-state index in [9.17, 15) is 14.7 Å². The maximum Gasteiger partial charge on any atom is 0.308 e. The molecule has 2 fully saturated rings. The Morgan fingerprint density at radius 1 is 0.537 bits per heavy atom. The summed E-state index contributed by atoms with van der Waals surface area (Å²) in [5.41, 5.74) is 0.266. The molecule has 7 heteroatoms. The molecule has 2 aliphatic heterocycles. The Balaban J connectivity index is 2.09. The molecule has 0 saturated carbocycles. The van der Waals surface area contributed by atoms with Crippen LogP contribution in [0, 0.1) is 17.3 Å². The van der Waals surface area contributed by atoms with E-state index in [1.165, 1.54) is 109 Å². The van der Waals surface area contributed by atoms with E-state index < -0.39 is 0 Å². The van der Waals surface area contributed by atoms with Crippen LogP contribution in [0.3, 0.4) is 0 Å². The third-order valence-electron chi connectivity index (χ3n) is 12.8. The van der Waals surface area contributed by atoms with Crippen molar-refractivity contribution in [1.82, 2.24) is 9.80 Å². The van der Waals surface area contributed by atoms with Gasteiger partial charge in [-0.05, 0) is 82.8 Å². The maximum absolute atomic E-state index is 13.8. The van der Waals surface area contributed by atoms with Crippen LogP contribution >= 0.6 is 0 Å². The molecule has 3 unspecified atom stereocenters. The zero-order chi connectivity index (χ0) is 39.1. The smallest absolute Gasteiger partial charge is 0.308 e. The first kappa shape index (κ1) is 49.0. The van der Waals surface area contributed by atoms with Crippen molar-refractivity contribution in [1.29, 1.82) is 0 Å². The minimum Gasteiger partial charge on any atom is -0.464 e. The second-order valence-electron chi connectivity index (χ2n) is 17.7. The van der Waals surface area contributed by atoms with E-state index in [-0.39, 0.29) is 41.8 Å². The van der Waals surface area contributed by atoms with Crippen molar-refractivity contribution in [3.05, 3.63) is 0 Å². The van der Waals surface area contributed by atoms with E-state index in [0.29, 0.717) is 13.2 Å². The second kappa shape index (κ2) is 31.9. The van der Waals surface area contributed by atoms with Crippen molar-refractivity contribution in [2.75, 3.05) is 52.5 Å². The molecule has 3 atom stereocenters. The van der Waals surface area contributed by atoms with Gasteiger partial charge in [-0.15, -0.1) is 0 Å². The predicted octanol–water partition coefficient (Wildman–Crippen LogP) is 11.7. The van der Waals surface area contributed by atoms with Crippen LogP contribution in [-0.2, 0) is 19.1 Å². The Labute approximate surface area is 334 Å². The van der Waals surface area contributed by atoms with E-state index in [2.05, 4.69) is 37.5 Å². The molecule has 0 aromatic rings. The first-order valence-electron chi connectivity index (χ1n) is 23.8. The minimum atomic E-state index is -0.0968. The molecule has 1 spiro atoms. The number of hydrogen-bond donors (Lipinski definition) is 1. The number of ether oxygens (including phenoxy) is 2. The lowest BCUT2D eigenvalue weighted by atomic mass is 9.86. The molecule has 0 aliphatic carbocycles. The summed E-state index contributed by atoms with van der Waals surface area (Å²) in [4.78, 5) is 32.7. The number of carbonyl (C=O) groups excluding carboxylic acids is 2. The topological polar surface area (TPSA) is 79.3 Å². The molecule has 0 amide bonds. The minimum absolute atomic E-state index is 0.0276. The number of unbranched alkanes of at least 4 members (excludes halogenated alkanes) is 18. The first-order chi connectivity index (χ1) is 26.4. The third kappa shape index (κ3) is 21.4. The van der Waals surface area contributed by atoms with Gasteiger partial charge < -0.3 is 19.5 Å². The summed E-state index contributed by atoms with van der Waals surface area (Å²) in [6, 6.07) is -0.0968. The molecule has 7 nitrogen and oxygen atoms in total. The van der Waals surface area contributed by atoms with E-state index in [1.54, 1.807) is 0 Å².